The third-order valence-corrected chi connectivity index (χ3v) is 5.01. The number of pyridine rings is 1. The van der Waals surface area contributed by atoms with Crippen LogP contribution in [0.15, 0.2) is 35.4 Å². The number of hydrogen-bond donors (Lipinski definition) is 2. The third kappa shape index (κ3) is 4.22. The highest BCUT2D eigenvalue weighted by Gasteiger charge is 2.20. The maximum atomic E-state index is 12.7. The highest BCUT2D eigenvalue weighted by molar-refractivity contribution is 7.92. The van der Waals surface area contributed by atoms with E-state index in [1.165, 1.54) is 6.20 Å². The van der Waals surface area contributed by atoms with Crippen LogP contribution in [0.1, 0.15) is 30.5 Å². The SMILES string of the molecule is Cc1cc(C)c(S(=O)(=O)Nc2ccc(NC(C)C)nc2)c(C)c1. The normalized spacial score (nSPS) is 11.6. The van der Waals surface area contributed by atoms with Crippen LogP contribution in [0.3, 0.4) is 0 Å². The van der Waals surface area contributed by atoms with Crippen LogP contribution in [0.5, 0.6) is 0 Å². The molecular formula is C17H23N3O2S. The molecule has 0 aliphatic carbocycles. The Kier molecular flexibility index (Phi) is 4.94. The molecule has 0 spiro atoms. The molecule has 0 fully saturated rings. The first-order valence-corrected chi connectivity index (χ1v) is 9.00. The summed E-state index contributed by atoms with van der Waals surface area (Å²) >= 11 is 0. The Labute approximate surface area is 138 Å². The zero-order valence-electron chi connectivity index (χ0n) is 14.1. The van der Waals surface area contributed by atoms with E-state index in [4.69, 9.17) is 0 Å². The van der Waals surface area contributed by atoms with Gasteiger partial charge in [-0.25, -0.2) is 13.4 Å². The number of rotatable bonds is 5. The second-order valence-corrected chi connectivity index (χ2v) is 7.68. The van der Waals surface area contributed by atoms with Crippen molar-refractivity contribution in [2.75, 3.05) is 10.0 Å². The summed E-state index contributed by atoms with van der Waals surface area (Å²) < 4.78 is 27.9. The number of benzene rings is 1. The van der Waals surface area contributed by atoms with Crippen molar-refractivity contribution in [1.29, 1.82) is 0 Å². The van der Waals surface area contributed by atoms with Crippen molar-refractivity contribution in [1.82, 2.24) is 4.98 Å². The summed E-state index contributed by atoms with van der Waals surface area (Å²) in [7, 11) is -3.64. The summed E-state index contributed by atoms with van der Waals surface area (Å²) in [6, 6.07) is 7.47. The lowest BCUT2D eigenvalue weighted by atomic mass is 10.1. The summed E-state index contributed by atoms with van der Waals surface area (Å²) in [5.41, 5.74) is 2.96. The molecule has 23 heavy (non-hydrogen) atoms. The van der Waals surface area contributed by atoms with Gasteiger partial charge in [0.15, 0.2) is 0 Å². The number of anilines is 2. The molecule has 1 aromatic heterocycles. The fourth-order valence-electron chi connectivity index (χ4n) is 2.63. The minimum absolute atomic E-state index is 0.267. The van der Waals surface area contributed by atoms with Crippen molar-refractivity contribution < 1.29 is 8.42 Å². The van der Waals surface area contributed by atoms with Gasteiger partial charge < -0.3 is 5.32 Å². The fourth-order valence-corrected chi connectivity index (χ4v) is 4.13. The molecule has 1 heterocycles. The molecular weight excluding hydrogens is 310 g/mol. The van der Waals surface area contributed by atoms with E-state index in [9.17, 15) is 8.42 Å². The first-order valence-electron chi connectivity index (χ1n) is 7.52. The van der Waals surface area contributed by atoms with Gasteiger partial charge in [-0.2, -0.15) is 0 Å². The lowest BCUT2D eigenvalue weighted by Crippen LogP contribution is -2.16. The number of sulfonamides is 1. The van der Waals surface area contributed by atoms with Crippen molar-refractivity contribution in [3.63, 3.8) is 0 Å². The summed E-state index contributed by atoms with van der Waals surface area (Å²) in [5, 5.41) is 3.16. The smallest absolute Gasteiger partial charge is 0.262 e. The van der Waals surface area contributed by atoms with Gasteiger partial charge in [0.1, 0.15) is 5.82 Å². The molecule has 0 radical (unpaired) electrons. The number of nitrogens with zero attached hydrogens (tertiary/aromatic N) is 1. The molecule has 0 saturated heterocycles. The molecule has 124 valence electrons. The van der Waals surface area contributed by atoms with Crippen LogP contribution in [0, 0.1) is 20.8 Å². The Morgan fingerprint density at radius 2 is 1.65 bits per heavy atom. The average molecular weight is 333 g/mol. The minimum Gasteiger partial charge on any atom is -0.368 e. The molecule has 1 aromatic carbocycles. The van der Waals surface area contributed by atoms with Crippen LogP contribution in [-0.2, 0) is 10.0 Å². The van der Waals surface area contributed by atoms with Gasteiger partial charge in [0, 0.05) is 6.04 Å². The Bertz CT molecular complexity index is 774. The predicted octanol–water partition coefficient (Wildman–Crippen LogP) is 3.63. The van der Waals surface area contributed by atoms with Gasteiger partial charge in [0.2, 0.25) is 0 Å². The molecule has 5 nitrogen and oxygen atoms in total. The molecule has 0 amide bonds. The highest BCUT2D eigenvalue weighted by Crippen LogP contribution is 2.24. The molecule has 2 rings (SSSR count). The third-order valence-electron chi connectivity index (χ3n) is 3.33. The van der Waals surface area contributed by atoms with Crippen LogP contribution in [-0.4, -0.2) is 19.4 Å². The highest BCUT2D eigenvalue weighted by atomic mass is 32.2. The van der Waals surface area contributed by atoms with E-state index in [0.29, 0.717) is 16.4 Å². The lowest BCUT2D eigenvalue weighted by molar-refractivity contribution is 0.600. The molecule has 0 saturated carbocycles. The van der Waals surface area contributed by atoms with E-state index >= 15 is 0 Å². The van der Waals surface area contributed by atoms with E-state index in [1.807, 2.05) is 46.8 Å². The molecule has 0 aliphatic heterocycles. The van der Waals surface area contributed by atoms with Crippen molar-refractivity contribution in [2.45, 2.75) is 45.6 Å². The lowest BCUT2D eigenvalue weighted by Gasteiger charge is -2.14. The molecule has 0 atom stereocenters. The molecule has 0 unspecified atom stereocenters. The van der Waals surface area contributed by atoms with E-state index in [0.717, 1.165) is 16.7 Å². The maximum Gasteiger partial charge on any atom is 0.262 e. The predicted molar refractivity (Wildman–Crippen MR) is 94.5 cm³/mol. The Hall–Kier alpha value is -2.08. The molecule has 2 N–H and O–H groups in total. The second-order valence-electron chi connectivity index (χ2n) is 6.06. The van der Waals surface area contributed by atoms with Crippen molar-refractivity contribution in [3.8, 4) is 0 Å². The van der Waals surface area contributed by atoms with Crippen molar-refractivity contribution >= 4 is 21.5 Å². The van der Waals surface area contributed by atoms with Crippen LogP contribution in [0.2, 0.25) is 0 Å². The second kappa shape index (κ2) is 6.58. The monoisotopic (exact) mass is 333 g/mol. The van der Waals surface area contributed by atoms with Crippen molar-refractivity contribution in [2.24, 2.45) is 0 Å². The number of nitrogens with one attached hydrogen (secondary N) is 2. The quantitative estimate of drug-likeness (QED) is 0.876. The topological polar surface area (TPSA) is 71.1 Å². The van der Waals surface area contributed by atoms with Gasteiger partial charge in [-0.05, 0) is 57.9 Å². The molecule has 0 aliphatic rings. The Morgan fingerprint density at radius 1 is 1.04 bits per heavy atom. The maximum absolute atomic E-state index is 12.7. The summed E-state index contributed by atoms with van der Waals surface area (Å²) in [6.07, 6.45) is 1.52. The van der Waals surface area contributed by atoms with Crippen molar-refractivity contribution in [3.05, 3.63) is 47.2 Å². The number of aromatic nitrogens is 1. The molecule has 0 bridgehead atoms. The zero-order chi connectivity index (χ0) is 17.2. The summed E-state index contributed by atoms with van der Waals surface area (Å²) in [4.78, 5) is 4.54. The average Bonchev–Trinajstić information content (AvgIpc) is 2.38. The van der Waals surface area contributed by atoms with E-state index in [1.54, 1.807) is 12.1 Å². The van der Waals surface area contributed by atoms with Gasteiger partial charge >= 0.3 is 0 Å². The summed E-state index contributed by atoms with van der Waals surface area (Å²) in [6.45, 7) is 9.60. The number of hydrogen-bond acceptors (Lipinski definition) is 4. The minimum atomic E-state index is -3.64. The zero-order valence-corrected chi connectivity index (χ0v) is 15.0. The van der Waals surface area contributed by atoms with E-state index in [-0.39, 0.29) is 6.04 Å². The van der Waals surface area contributed by atoms with Gasteiger partial charge in [-0.15, -0.1) is 0 Å². The molecule has 2 aromatic rings. The van der Waals surface area contributed by atoms with E-state index < -0.39 is 10.0 Å². The largest absolute Gasteiger partial charge is 0.368 e. The molecule has 6 heteroatoms. The van der Waals surface area contributed by atoms with Gasteiger partial charge in [-0.3, -0.25) is 4.72 Å². The van der Waals surface area contributed by atoms with Gasteiger partial charge in [0.25, 0.3) is 10.0 Å². The van der Waals surface area contributed by atoms with Crippen LogP contribution in [0.25, 0.3) is 0 Å². The van der Waals surface area contributed by atoms with Gasteiger partial charge in [0.05, 0.1) is 16.8 Å². The Morgan fingerprint density at radius 3 is 2.13 bits per heavy atom. The number of aryl methyl sites for hydroxylation is 3. The van der Waals surface area contributed by atoms with E-state index in [2.05, 4.69) is 15.0 Å². The van der Waals surface area contributed by atoms with Crippen LogP contribution < -0.4 is 10.0 Å². The Balaban J connectivity index is 2.28. The summed E-state index contributed by atoms with van der Waals surface area (Å²) in [5.74, 6) is 0.714. The first kappa shape index (κ1) is 17.3. The van der Waals surface area contributed by atoms with Crippen LogP contribution in [0.4, 0.5) is 11.5 Å². The standard InChI is InChI=1S/C17H23N3O2S/c1-11(2)19-16-7-6-15(10-18-16)20-23(21,22)17-13(4)8-12(3)9-14(17)5/h6-11,20H,1-5H3,(H,18,19). The first-order chi connectivity index (χ1) is 10.7. The fraction of sp³-hybridized carbons (Fsp3) is 0.353. The van der Waals surface area contributed by atoms with Gasteiger partial charge in [-0.1, -0.05) is 17.7 Å². The van der Waals surface area contributed by atoms with Crippen LogP contribution >= 0.6 is 0 Å².